The summed E-state index contributed by atoms with van der Waals surface area (Å²) in [6.45, 7) is 1.80. The van der Waals surface area contributed by atoms with E-state index >= 15 is 0 Å². The van der Waals surface area contributed by atoms with Crippen LogP contribution in [-0.4, -0.2) is 44.4 Å². The van der Waals surface area contributed by atoms with Gasteiger partial charge in [-0.05, 0) is 25.1 Å². The molecule has 7 heteroatoms. The number of methoxy groups -OCH3 is 1. The Balaban J connectivity index is 1.93. The lowest BCUT2D eigenvalue weighted by Gasteiger charge is -2.51. The Morgan fingerprint density at radius 2 is 1.85 bits per heavy atom. The molecular weight excluding hydrogens is 366 g/mol. The fraction of sp³-hybridized carbons (Fsp3) is 0.350. The Labute approximate surface area is 158 Å². The molecule has 0 unspecified atom stereocenters. The van der Waals surface area contributed by atoms with Gasteiger partial charge in [-0.25, -0.2) is 8.42 Å². The average molecular weight is 387 g/mol. The van der Waals surface area contributed by atoms with Crippen LogP contribution in [0.25, 0.3) is 0 Å². The highest BCUT2D eigenvalue weighted by Gasteiger charge is 2.57. The van der Waals surface area contributed by atoms with Crippen LogP contribution in [0.1, 0.15) is 24.8 Å². The third-order valence-electron chi connectivity index (χ3n) is 5.60. The highest BCUT2D eigenvalue weighted by atomic mass is 32.2. The van der Waals surface area contributed by atoms with Crippen molar-refractivity contribution in [1.29, 1.82) is 0 Å². The third kappa shape index (κ3) is 2.52. The van der Waals surface area contributed by atoms with Crippen molar-refractivity contribution in [3.63, 3.8) is 0 Å². The minimum atomic E-state index is -3.87. The largest absolute Gasteiger partial charge is 0.493 e. The lowest BCUT2D eigenvalue weighted by atomic mass is 9.80. The van der Waals surface area contributed by atoms with Gasteiger partial charge in [-0.3, -0.25) is 4.79 Å². The SMILES string of the molecule is COc1cccc2c1O[C@@]1(C)C[C@H]2[C@H](S(=O)(=O)c2ccccc2)C(=O)N1C. The summed E-state index contributed by atoms with van der Waals surface area (Å²) in [7, 11) is -0.741. The molecule has 2 aliphatic rings. The van der Waals surface area contributed by atoms with E-state index in [2.05, 4.69) is 0 Å². The van der Waals surface area contributed by atoms with Crippen molar-refractivity contribution in [3.05, 3.63) is 54.1 Å². The number of hydrogen-bond acceptors (Lipinski definition) is 5. The van der Waals surface area contributed by atoms with E-state index in [0.29, 0.717) is 23.5 Å². The normalized spacial score (nSPS) is 26.9. The highest BCUT2D eigenvalue weighted by Crippen LogP contribution is 2.52. The van der Waals surface area contributed by atoms with E-state index in [9.17, 15) is 13.2 Å². The van der Waals surface area contributed by atoms with Gasteiger partial charge in [0.25, 0.3) is 0 Å². The first-order valence-electron chi connectivity index (χ1n) is 8.72. The summed E-state index contributed by atoms with van der Waals surface area (Å²) in [6, 6.07) is 13.5. The van der Waals surface area contributed by atoms with E-state index in [-0.39, 0.29) is 4.90 Å². The predicted octanol–water partition coefficient (Wildman–Crippen LogP) is 2.59. The van der Waals surface area contributed by atoms with Crippen LogP contribution < -0.4 is 9.47 Å². The number of para-hydroxylation sites is 1. The van der Waals surface area contributed by atoms with Crippen molar-refractivity contribution in [3.8, 4) is 11.5 Å². The second-order valence-electron chi connectivity index (χ2n) is 7.14. The van der Waals surface area contributed by atoms with Crippen LogP contribution in [0.3, 0.4) is 0 Å². The van der Waals surface area contributed by atoms with Crippen LogP contribution in [0.15, 0.2) is 53.4 Å². The summed E-state index contributed by atoms with van der Waals surface area (Å²) in [5.74, 6) is 0.0715. The van der Waals surface area contributed by atoms with E-state index in [1.807, 2.05) is 6.07 Å². The van der Waals surface area contributed by atoms with Gasteiger partial charge < -0.3 is 14.4 Å². The molecule has 1 fully saturated rings. The van der Waals surface area contributed by atoms with Crippen LogP contribution >= 0.6 is 0 Å². The predicted molar refractivity (Wildman–Crippen MR) is 99.6 cm³/mol. The number of sulfone groups is 1. The Bertz CT molecular complexity index is 1000. The quantitative estimate of drug-likeness (QED) is 0.809. The molecule has 142 valence electrons. The van der Waals surface area contributed by atoms with Gasteiger partial charge in [0.2, 0.25) is 5.91 Å². The molecule has 27 heavy (non-hydrogen) atoms. The molecule has 3 atom stereocenters. The van der Waals surface area contributed by atoms with Gasteiger partial charge in [0, 0.05) is 24.9 Å². The molecule has 2 aliphatic heterocycles. The molecule has 0 aromatic heterocycles. The Morgan fingerprint density at radius 3 is 2.52 bits per heavy atom. The molecule has 2 aromatic rings. The summed E-state index contributed by atoms with van der Waals surface area (Å²) < 4.78 is 38.3. The van der Waals surface area contributed by atoms with Gasteiger partial charge in [-0.2, -0.15) is 0 Å². The topological polar surface area (TPSA) is 72.9 Å². The molecule has 0 N–H and O–H groups in total. The number of hydrogen-bond donors (Lipinski definition) is 0. The van der Waals surface area contributed by atoms with E-state index < -0.39 is 32.6 Å². The molecule has 6 nitrogen and oxygen atoms in total. The summed E-state index contributed by atoms with van der Waals surface area (Å²) in [5.41, 5.74) is -0.232. The standard InChI is InChI=1S/C20H21NO5S/c1-20-12-15(14-10-7-11-16(25-3)17(14)26-20)18(19(22)21(20)2)27(23,24)13-8-5-4-6-9-13/h4-11,15,18H,12H2,1-3H3/t15-,18+,20+/m1/s1. The highest BCUT2D eigenvalue weighted by molar-refractivity contribution is 7.92. The van der Waals surface area contributed by atoms with Gasteiger partial charge in [-0.15, -0.1) is 0 Å². The number of carbonyl (C=O) groups excluding carboxylic acids is 1. The molecule has 0 aliphatic carbocycles. The van der Waals surface area contributed by atoms with Gasteiger partial charge in [0.05, 0.1) is 12.0 Å². The monoisotopic (exact) mass is 387 g/mol. The number of benzene rings is 2. The molecule has 2 heterocycles. The lowest BCUT2D eigenvalue weighted by molar-refractivity contribution is -0.160. The number of ether oxygens (including phenoxy) is 2. The number of nitrogens with zero attached hydrogens (tertiary/aromatic N) is 1. The molecule has 0 saturated carbocycles. The maximum atomic E-state index is 13.4. The zero-order valence-electron chi connectivity index (χ0n) is 15.4. The van der Waals surface area contributed by atoms with E-state index in [1.54, 1.807) is 51.4 Å². The fourth-order valence-corrected chi connectivity index (χ4v) is 5.98. The second kappa shape index (κ2) is 5.99. The summed E-state index contributed by atoms with van der Waals surface area (Å²) >= 11 is 0. The van der Waals surface area contributed by atoms with E-state index in [4.69, 9.17) is 9.47 Å². The molecular formula is C20H21NO5S. The van der Waals surface area contributed by atoms with Crippen LogP contribution in [0.2, 0.25) is 0 Å². The zero-order chi connectivity index (χ0) is 19.4. The van der Waals surface area contributed by atoms with Crippen molar-refractivity contribution < 1.29 is 22.7 Å². The minimum Gasteiger partial charge on any atom is -0.493 e. The van der Waals surface area contributed by atoms with Gasteiger partial charge in [-0.1, -0.05) is 30.3 Å². The molecule has 1 amide bonds. The zero-order valence-corrected chi connectivity index (χ0v) is 16.2. The average Bonchev–Trinajstić information content (AvgIpc) is 2.66. The third-order valence-corrected chi connectivity index (χ3v) is 7.73. The van der Waals surface area contributed by atoms with Crippen LogP contribution in [0.4, 0.5) is 0 Å². The molecule has 2 aromatic carbocycles. The number of amides is 1. The van der Waals surface area contributed by atoms with Crippen LogP contribution in [0.5, 0.6) is 11.5 Å². The number of likely N-dealkylation sites (tertiary alicyclic amines) is 1. The molecule has 1 saturated heterocycles. The Morgan fingerprint density at radius 1 is 1.15 bits per heavy atom. The van der Waals surface area contributed by atoms with Crippen LogP contribution in [-0.2, 0) is 14.6 Å². The number of carbonyl (C=O) groups is 1. The first-order chi connectivity index (χ1) is 12.8. The first kappa shape index (κ1) is 17.9. The van der Waals surface area contributed by atoms with E-state index in [0.717, 1.165) is 0 Å². The van der Waals surface area contributed by atoms with Crippen molar-refractivity contribution in [1.82, 2.24) is 4.90 Å². The second-order valence-corrected chi connectivity index (χ2v) is 9.21. The maximum absolute atomic E-state index is 13.4. The first-order valence-corrected chi connectivity index (χ1v) is 10.3. The molecule has 2 bridgehead atoms. The molecule has 4 rings (SSSR count). The smallest absolute Gasteiger partial charge is 0.244 e. The minimum absolute atomic E-state index is 0.149. The number of rotatable bonds is 3. The lowest BCUT2D eigenvalue weighted by Crippen LogP contribution is -2.64. The summed E-state index contributed by atoms with van der Waals surface area (Å²) in [4.78, 5) is 14.7. The number of fused-ring (bicyclic) bond motifs is 4. The molecule has 0 spiro atoms. The van der Waals surface area contributed by atoms with Crippen LogP contribution in [0, 0.1) is 0 Å². The Kier molecular flexibility index (Phi) is 3.96. The molecule has 0 radical (unpaired) electrons. The van der Waals surface area contributed by atoms with Crippen molar-refractivity contribution in [2.45, 2.75) is 35.1 Å². The number of piperidine rings is 1. The van der Waals surface area contributed by atoms with Crippen molar-refractivity contribution in [2.75, 3.05) is 14.2 Å². The maximum Gasteiger partial charge on any atom is 0.244 e. The van der Waals surface area contributed by atoms with Crippen molar-refractivity contribution in [2.24, 2.45) is 0 Å². The summed E-state index contributed by atoms with van der Waals surface area (Å²) in [6.07, 6.45) is 0.395. The van der Waals surface area contributed by atoms with Gasteiger partial charge >= 0.3 is 0 Å². The fourth-order valence-electron chi connectivity index (χ4n) is 4.05. The Hall–Kier alpha value is -2.54. The van der Waals surface area contributed by atoms with Crippen molar-refractivity contribution >= 4 is 15.7 Å². The summed E-state index contributed by atoms with van der Waals surface area (Å²) in [5, 5.41) is -1.20. The van der Waals surface area contributed by atoms with Gasteiger partial charge in [0.1, 0.15) is 0 Å². The van der Waals surface area contributed by atoms with E-state index in [1.165, 1.54) is 17.0 Å². The van der Waals surface area contributed by atoms with Gasteiger partial charge in [0.15, 0.2) is 32.3 Å².